The molecule has 1 aliphatic carbocycles. The second kappa shape index (κ2) is 3.56. The Morgan fingerprint density at radius 3 is 2.75 bits per heavy atom. The van der Waals surface area contributed by atoms with Gasteiger partial charge in [-0.15, -0.1) is 0 Å². The SMILES string of the molecule is O=C1C=C[C@]2(CCCO2)[C@@H]1c1ccccc1. The van der Waals surface area contributed by atoms with Crippen LogP contribution < -0.4 is 0 Å². The molecule has 1 aliphatic heterocycles. The summed E-state index contributed by atoms with van der Waals surface area (Å²) in [4.78, 5) is 12.0. The maximum Gasteiger partial charge on any atom is 0.166 e. The minimum absolute atomic E-state index is 0.129. The van der Waals surface area contributed by atoms with Crippen molar-refractivity contribution >= 4 is 5.78 Å². The van der Waals surface area contributed by atoms with Gasteiger partial charge in [-0.1, -0.05) is 30.3 Å². The molecule has 0 unspecified atom stereocenters. The van der Waals surface area contributed by atoms with Gasteiger partial charge in [0.1, 0.15) is 5.60 Å². The van der Waals surface area contributed by atoms with E-state index in [4.69, 9.17) is 4.74 Å². The molecule has 1 spiro atoms. The normalized spacial score (nSPS) is 32.8. The van der Waals surface area contributed by atoms with Crippen LogP contribution in [0.4, 0.5) is 0 Å². The largest absolute Gasteiger partial charge is 0.370 e. The molecule has 1 fully saturated rings. The number of carbonyl (C=O) groups excluding carboxylic acids is 1. The Hall–Kier alpha value is -1.41. The molecule has 2 aliphatic rings. The summed E-state index contributed by atoms with van der Waals surface area (Å²) in [6.45, 7) is 0.765. The van der Waals surface area contributed by atoms with E-state index in [0.29, 0.717) is 0 Å². The lowest BCUT2D eigenvalue weighted by atomic mass is 9.82. The van der Waals surface area contributed by atoms with Gasteiger partial charge < -0.3 is 4.74 Å². The minimum atomic E-state index is -0.349. The van der Waals surface area contributed by atoms with Gasteiger partial charge in [0.15, 0.2) is 5.78 Å². The fraction of sp³-hybridized carbons (Fsp3) is 0.357. The van der Waals surface area contributed by atoms with Crippen LogP contribution in [0.15, 0.2) is 42.5 Å². The van der Waals surface area contributed by atoms with Crippen LogP contribution in [0.2, 0.25) is 0 Å². The molecule has 1 heterocycles. The van der Waals surface area contributed by atoms with Crippen LogP contribution in [0.3, 0.4) is 0 Å². The first-order valence-corrected chi connectivity index (χ1v) is 5.74. The predicted octanol–water partition coefficient (Wildman–Crippen LogP) is 2.46. The van der Waals surface area contributed by atoms with Crippen LogP contribution >= 0.6 is 0 Å². The van der Waals surface area contributed by atoms with E-state index in [-0.39, 0.29) is 17.3 Å². The van der Waals surface area contributed by atoms with Crippen LogP contribution in [0, 0.1) is 0 Å². The van der Waals surface area contributed by atoms with E-state index in [2.05, 4.69) is 0 Å². The highest BCUT2D eigenvalue weighted by Gasteiger charge is 2.48. The third-order valence-electron chi connectivity index (χ3n) is 3.52. The summed E-state index contributed by atoms with van der Waals surface area (Å²) in [7, 11) is 0. The van der Waals surface area contributed by atoms with Crippen LogP contribution in [0.25, 0.3) is 0 Å². The summed E-state index contributed by atoms with van der Waals surface area (Å²) in [5, 5.41) is 0. The first kappa shape index (κ1) is 9.79. The van der Waals surface area contributed by atoms with Crippen LogP contribution in [-0.2, 0) is 9.53 Å². The van der Waals surface area contributed by atoms with Crippen molar-refractivity contribution in [3.05, 3.63) is 48.0 Å². The van der Waals surface area contributed by atoms with E-state index in [1.54, 1.807) is 6.08 Å². The molecule has 2 nitrogen and oxygen atoms in total. The molecule has 2 atom stereocenters. The Labute approximate surface area is 94.9 Å². The highest BCUT2D eigenvalue weighted by Crippen LogP contribution is 2.44. The summed E-state index contributed by atoms with van der Waals surface area (Å²) < 4.78 is 5.83. The molecule has 0 N–H and O–H groups in total. The maximum atomic E-state index is 12.0. The molecule has 82 valence electrons. The van der Waals surface area contributed by atoms with Crippen molar-refractivity contribution in [3.63, 3.8) is 0 Å². The van der Waals surface area contributed by atoms with Crippen molar-refractivity contribution in [2.45, 2.75) is 24.4 Å². The van der Waals surface area contributed by atoms with E-state index in [9.17, 15) is 4.79 Å². The summed E-state index contributed by atoms with van der Waals surface area (Å²) in [5.74, 6) is 0.0456. The van der Waals surface area contributed by atoms with E-state index in [0.717, 1.165) is 25.0 Å². The van der Waals surface area contributed by atoms with E-state index in [1.807, 2.05) is 36.4 Å². The van der Waals surface area contributed by atoms with Gasteiger partial charge in [-0.3, -0.25) is 4.79 Å². The Kier molecular flexibility index (Phi) is 2.18. The van der Waals surface area contributed by atoms with E-state index >= 15 is 0 Å². The van der Waals surface area contributed by atoms with E-state index < -0.39 is 0 Å². The lowest BCUT2D eigenvalue weighted by Gasteiger charge is -2.28. The highest BCUT2D eigenvalue weighted by molar-refractivity contribution is 6.00. The summed E-state index contributed by atoms with van der Waals surface area (Å²) in [6.07, 6.45) is 5.64. The number of ether oxygens (including phenoxy) is 1. The zero-order valence-electron chi connectivity index (χ0n) is 9.06. The molecule has 1 aromatic rings. The smallest absolute Gasteiger partial charge is 0.166 e. The Morgan fingerprint density at radius 1 is 1.25 bits per heavy atom. The van der Waals surface area contributed by atoms with Gasteiger partial charge in [-0.2, -0.15) is 0 Å². The average Bonchev–Trinajstić information content (AvgIpc) is 2.90. The number of rotatable bonds is 1. The van der Waals surface area contributed by atoms with Crippen molar-refractivity contribution in [1.82, 2.24) is 0 Å². The summed E-state index contributed by atoms with van der Waals surface area (Å²) >= 11 is 0. The third kappa shape index (κ3) is 1.34. The summed E-state index contributed by atoms with van der Waals surface area (Å²) in [5.41, 5.74) is 0.720. The van der Waals surface area contributed by atoms with Crippen molar-refractivity contribution in [2.75, 3.05) is 6.61 Å². The van der Waals surface area contributed by atoms with Crippen LogP contribution in [0.1, 0.15) is 24.3 Å². The fourth-order valence-electron chi connectivity index (χ4n) is 2.79. The van der Waals surface area contributed by atoms with Gasteiger partial charge in [0, 0.05) is 6.61 Å². The Morgan fingerprint density at radius 2 is 2.06 bits per heavy atom. The van der Waals surface area contributed by atoms with Crippen molar-refractivity contribution < 1.29 is 9.53 Å². The zero-order valence-corrected chi connectivity index (χ0v) is 9.06. The average molecular weight is 214 g/mol. The first-order valence-electron chi connectivity index (χ1n) is 5.74. The van der Waals surface area contributed by atoms with Crippen molar-refractivity contribution in [3.8, 4) is 0 Å². The molecule has 1 aromatic carbocycles. The van der Waals surface area contributed by atoms with Gasteiger partial charge in [0.05, 0.1) is 5.92 Å². The molecule has 0 aromatic heterocycles. The lowest BCUT2D eigenvalue weighted by molar-refractivity contribution is -0.119. The number of benzene rings is 1. The molecule has 0 amide bonds. The standard InChI is InChI=1S/C14H14O2/c15-12-7-9-14(8-4-10-16-14)13(12)11-5-2-1-3-6-11/h1-3,5-7,9,13H,4,8,10H2/t13-,14-/m1/s1. The van der Waals surface area contributed by atoms with Gasteiger partial charge in [-0.25, -0.2) is 0 Å². The number of allylic oxidation sites excluding steroid dienone is 1. The predicted molar refractivity (Wildman–Crippen MR) is 61.2 cm³/mol. The second-order valence-corrected chi connectivity index (χ2v) is 4.49. The number of ketones is 1. The van der Waals surface area contributed by atoms with Crippen molar-refractivity contribution in [2.24, 2.45) is 0 Å². The van der Waals surface area contributed by atoms with E-state index in [1.165, 1.54) is 0 Å². The molecule has 0 saturated carbocycles. The molecule has 0 radical (unpaired) electrons. The van der Waals surface area contributed by atoms with Gasteiger partial charge in [-0.05, 0) is 30.6 Å². The second-order valence-electron chi connectivity index (χ2n) is 4.49. The topological polar surface area (TPSA) is 26.3 Å². The number of hydrogen-bond acceptors (Lipinski definition) is 2. The molecule has 3 rings (SSSR count). The minimum Gasteiger partial charge on any atom is -0.370 e. The van der Waals surface area contributed by atoms with Crippen molar-refractivity contribution in [1.29, 1.82) is 0 Å². The van der Waals surface area contributed by atoms with Gasteiger partial charge in [0.2, 0.25) is 0 Å². The Balaban J connectivity index is 2.02. The molecule has 1 saturated heterocycles. The van der Waals surface area contributed by atoms with Gasteiger partial charge >= 0.3 is 0 Å². The molecule has 2 heteroatoms. The lowest BCUT2D eigenvalue weighted by Crippen LogP contribution is -2.33. The number of hydrogen-bond donors (Lipinski definition) is 0. The number of carbonyl (C=O) groups is 1. The summed E-state index contributed by atoms with van der Waals surface area (Å²) in [6, 6.07) is 9.95. The third-order valence-corrected chi connectivity index (χ3v) is 3.52. The quantitative estimate of drug-likeness (QED) is 0.717. The zero-order chi connectivity index (χ0) is 11.0. The molecular formula is C14H14O2. The Bertz CT molecular complexity index is 427. The first-order chi connectivity index (χ1) is 7.82. The van der Waals surface area contributed by atoms with Crippen LogP contribution in [-0.4, -0.2) is 18.0 Å². The maximum absolute atomic E-state index is 12.0. The molecule has 0 bridgehead atoms. The fourth-order valence-corrected chi connectivity index (χ4v) is 2.79. The highest BCUT2D eigenvalue weighted by atomic mass is 16.5. The van der Waals surface area contributed by atoms with Crippen LogP contribution in [0.5, 0.6) is 0 Å². The van der Waals surface area contributed by atoms with Gasteiger partial charge in [0.25, 0.3) is 0 Å². The molecule has 16 heavy (non-hydrogen) atoms. The monoisotopic (exact) mass is 214 g/mol. The molecular weight excluding hydrogens is 200 g/mol.